The van der Waals surface area contributed by atoms with Crippen molar-refractivity contribution in [3.05, 3.63) is 70.8 Å². The summed E-state index contributed by atoms with van der Waals surface area (Å²) in [4.78, 5) is 40.5. The second-order valence-corrected chi connectivity index (χ2v) is 5.91. The van der Waals surface area contributed by atoms with E-state index in [1.807, 2.05) is 5.32 Å². The normalized spacial score (nSPS) is 11.8. The SMILES string of the molecule is C[C@@H](OC(=O)Cn1cnc2ccccc2c1=O)C(=O)Nc1c(F)cccc1F. The molecule has 1 heterocycles. The Hall–Kier alpha value is -3.62. The minimum atomic E-state index is -1.34. The number of nitrogens with one attached hydrogen (secondary N) is 1. The fraction of sp³-hybridized carbons (Fsp3) is 0.158. The summed E-state index contributed by atoms with van der Waals surface area (Å²) in [7, 11) is 0. The lowest BCUT2D eigenvalue weighted by Gasteiger charge is -2.14. The third-order valence-corrected chi connectivity index (χ3v) is 3.92. The molecule has 0 aliphatic heterocycles. The van der Waals surface area contributed by atoms with Gasteiger partial charge >= 0.3 is 5.97 Å². The molecule has 2 aromatic carbocycles. The number of hydrogen-bond acceptors (Lipinski definition) is 5. The van der Waals surface area contributed by atoms with Crippen LogP contribution in [0.15, 0.2) is 53.6 Å². The van der Waals surface area contributed by atoms with Crippen molar-refractivity contribution < 1.29 is 23.1 Å². The van der Waals surface area contributed by atoms with Crippen LogP contribution in [0.1, 0.15) is 6.92 Å². The van der Waals surface area contributed by atoms with Crippen LogP contribution in [0.2, 0.25) is 0 Å². The lowest BCUT2D eigenvalue weighted by Crippen LogP contribution is -2.33. The van der Waals surface area contributed by atoms with E-state index in [-0.39, 0.29) is 0 Å². The number of amides is 1. The number of fused-ring (bicyclic) bond motifs is 1. The van der Waals surface area contributed by atoms with Crippen LogP contribution in [0.25, 0.3) is 10.9 Å². The van der Waals surface area contributed by atoms with Gasteiger partial charge in [0.05, 0.1) is 17.2 Å². The van der Waals surface area contributed by atoms with E-state index in [1.54, 1.807) is 24.3 Å². The summed E-state index contributed by atoms with van der Waals surface area (Å²) in [5.41, 5.74) is -0.588. The van der Waals surface area contributed by atoms with E-state index in [0.717, 1.165) is 22.8 Å². The lowest BCUT2D eigenvalue weighted by molar-refractivity contribution is -0.153. The molecule has 0 aliphatic carbocycles. The summed E-state index contributed by atoms with van der Waals surface area (Å²) in [5, 5.41) is 2.37. The highest BCUT2D eigenvalue weighted by molar-refractivity contribution is 5.95. The van der Waals surface area contributed by atoms with Gasteiger partial charge in [-0.05, 0) is 31.2 Å². The van der Waals surface area contributed by atoms with Crippen molar-refractivity contribution in [1.29, 1.82) is 0 Å². The Bertz CT molecular complexity index is 1090. The molecule has 9 heteroatoms. The van der Waals surface area contributed by atoms with Crippen LogP contribution in [-0.4, -0.2) is 27.5 Å². The number of benzene rings is 2. The molecule has 28 heavy (non-hydrogen) atoms. The number of carbonyl (C=O) groups is 2. The predicted molar refractivity (Wildman–Crippen MR) is 96.5 cm³/mol. The predicted octanol–water partition coefficient (Wildman–Crippen LogP) is 2.25. The Morgan fingerprint density at radius 1 is 1.14 bits per heavy atom. The molecule has 0 fully saturated rings. The minimum absolute atomic E-state index is 0.332. The quantitative estimate of drug-likeness (QED) is 0.678. The van der Waals surface area contributed by atoms with E-state index < -0.39 is 47.4 Å². The van der Waals surface area contributed by atoms with Crippen molar-refractivity contribution in [3.63, 3.8) is 0 Å². The molecule has 0 aliphatic rings. The Morgan fingerprint density at radius 3 is 2.54 bits per heavy atom. The molecule has 1 atom stereocenters. The summed E-state index contributed by atoms with van der Waals surface area (Å²) < 4.78 is 33.2. The van der Waals surface area contributed by atoms with Gasteiger partial charge in [-0.15, -0.1) is 0 Å². The molecule has 0 radical (unpaired) electrons. The minimum Gasteiger partial charge on any atom is -0.451 e. The smallest absolute Gasteiger partial charge is 0.326 e. The molecule has 7 nitrogen and oxygen atoms in total. The molecule has 3 rings (SSSR count). The molecule has 144 valence electrons. The number of halogens is 2. The first-order valence-electron chi connectivity index (χ1n) is 8.25. The fourth-order valence-corrected chi connectivity index (χ4v) is 2.49. The fourth-order valence-electron chi connectivity index (χ4n) is 2.49. The Labute approximate surface area is 157 Å². The van der Waals surface area contributed by atoms with E-state index in [9.17, 15) is 23.2 Å². The zero-order valence-electron chi connectivity index (χ0n) is 14.7. The number of anilines is 1. The molecule has 0 saturated carbocycles. The lowest BCUT2D eigenvalue weighted by atomic mass is 10.2. The molecule has 0 bridgehead atoms. The molecule has 1 amide bonds. The average molecular weight is 387 g/mol. The summed E-state index contributed by atoms with van der Waals surface area (Å²) >= 11 is 0. The first-order chi connectivity index (χ1) is 13.4. The van der Waals surface area contributed by atoms with Crippen molar-refractivity contribution in [2.45, 2.75) is 19.6 Å². The number of ether oxygens (including phenoxy) is 1. The van der Waals surface area contributed by atoms with Crippen LogP contribution >= 0.6 is 0 Å². The summed E-state index contributed by atoms with van der Waals surface area (Å²) in [6.07, 6.45) is -0.138. The summed E-state index contributed by atoms with van der Waals surface area (Å²) in [5.74, 6) is -3.71. The zero-order chi connectivity index (χ0) is 20.3. The summed E-state index contributed by atoms with van der Waals surface area (Å²) in [6, 6.07) is 9.75. The highest BCUT2D eigenvalue weighted by Gasteiger charge is 2.21. The van der Waals surface area contributed by atoms with Crippen LogP contribution in [-0.2, 0) is 20.9 Å². The standard InChI is InChI=1S/C19H15F2N3O4/c1-11(18(26)23-17-13(20)6-4-7-14(17)21)28-16(25)9-24-10-22-15-8-3-2-5-12(15)19(24)27/h2-8,10-11H,9H2,1H3,(H,23,26)/t11-/m1/s1. The third-order valence-electron chi connectivity index (χ3n) is 3.92. The first kappa shape index (κ1) is 19.2. The van der Waals surface area contributed by atoms with Gasteiger partial charge in [-0.3, -0.25) is 19.0 Å². The van der Waals surface area contributed by atoms with Gasteiger partial charge in [0.15, 0.2) is 6.10 Å². The van der Waals surface area contributed by atoms with Crippen LogP contribution in [0.3, 0.4) is 0 Å². The molecule has 0 unspecified atom stereocenters. The number of hydrogen-bond donors (Lipinski definition) is 1. The van der Waals surface area contributed by atoms with Gasteiger partial charge in [-0.1, -0.05) is 18.2 Å². The number of rotatable bonds is 5. The molecule has 1 aromatic heterocycles. The topological polar surface area (TPSA) is 90.3 Å². The maximum Gasteiger partial charge on any atom is 0.326 e. The molecule has 3 aromatic rings. The maximum atomic E-state index is 13.6. The molecule has 0 spiro atoms. The molecule has 1 N–H and O–H groups in total. The number of esters is 1. The van der Waals surface area contributed by atoms with Gasteiger partial charge in [-0.2, -0.15) is 0 Å². The van der Waals surface area contributed by atoms with Crippen LogP contribution in [0.5, 0.6) is 0 Å². The monoisotopic (exact) mass is 387 g/mol. The van der Waals surface area contributed by atoms with Gasteiger partial charge in [0.2, 0.25) is 0 Å². The zero-order valence-corrected chi connectivity index (χ0v) is 14.7. The van der Waals surface area contributed by atoms with Crippen molar-refractivity contribution in [2.24, 2.45) is 0 Å². The number of para-hydroxylation sites is 2. The molecule has 0 saturated heterocycles. The number of aromatic nitrogens is 2. The highest BCUT2D eigenvalue weighted by atomic mass is 19.1. The maximum absolute atomic E-state index is 13.6. The second-order valence-electron chi connectivity index (χ2n) is 5.91. The van der Waals surface area contributed by atoms with E-state index in [1.165, 1.54) is 13.3 Å². The first-order valence-corrected chi connectivity index (χ1v) is 8.25. The van der Waals surface area contributed by atoms with E-state index in [2.05, 4.69) is 4.98 Å². The summed E-state index contributed by atoms with van der Waals surface area (Å²) in [6.45, 7) is 0.774. The Morgan fingerprint density at radius 2 is 1.82 bits per heavy atom. The van der Waals surface area contributed by atoms with Crippen LogP contribution in [0.4, 0.5) is 14.5 Å². The van der Waals surface area contributed by atoms with Crippen molar-refractivity contribution in [2.75, 3.05) is 5.32 Å². The van der Waals surface area contributed by atoms with E-state index in [0.29, 0.717) is 10.9 Å². The second kappa shape index (κ2) is 7.95. The van der Waals surface area contributed by atoms with Crippen LogP contribution in [0, 0.1) is 11.6 Å². The van der Waals surface area contributed by atoms with Gasteiger partial charge < -0.3 is 10.1 Å². The third kappa shape index (κ3) is 4.03. The largest absolute Gasteiger partial charge is 0.451 e. The highest BCUT2D eigenvalue weighted by Crippen LogP contribution is 2.18. The number of nitrogens with zero attached hydrogens (tertiary/aromatic N) is 2. The molecular formula is C19H15F2N3O4. The van der Waals surface area contributed by atoms with Crippen molar-refractivity contribution in [3.8, 4) is 0 Å². The van der Waals surface area contributed by atoms with Gasteiger partial charge in [0, 0.05) is 0 Å². The Balaban J connectivity index is 1.67. The molecular weight excluding hydrogens is 372 g/mol. The van der Waals surface area contributed by atoms with Gasteiger partial charge in [0.25, 0.3) is 11.5 Å². The van der Waals surface area contributed by atoms with Crippen molar-refractivity contribution in [1.82, 2.24) is 9.55 Å². The van der Waals surface area contributed by atoms with Gasteiger partial charge in [0.1, 0.15) is 23.9 Å². The van der Waals surface area contributed by atoms with Crippen molar-refractivity contribution >= 4 is 28.5 Å². The Kier molecular flexibility index (Phi) is 5.44. The van der Waals surface area contributed by atoms with E-state index >= 15 is 0 Å². The van der Waals surface area contributed by atoms with Crippen LogP contribution < -0.4 is 10.9 Å². The van der Waals surface area contributed by atoms with Gasteiger partial charge in [-0.25, -0.2) is 13.8 Å². The number of carbonyl (C=O) groups excluding carboxylic acids is 2. The average Bonchev–Trinajstić information content (AvgIpc) is 2.67. The van der Waals surface area contributed by atoms with E-state index in [4.69, 9.17) is 4.74 Å².